The van der Waals surface area contributed by atoms with E-state index >= 15 is 0 Å². The van der Waals surface area contributed by atoms with Crippen LogP contribution in [0.25, 0.3) is 0 Å². The minimum atomic E-state index is -3.20. The Bertz CT molecular complexity index is 287. The van der Waals surface area contributed by atoms with E-state index in [1.807, 2.05) is 27.7 Å². The molecular formula is C11H26N2O2S. The fraction of sp³-hybridized carbons (Fsp3) is 1.00. The molecule has 0 rings (SSSR count). The van der Waals surface area contributed by atoms with Crippen molar-refractivity contribution in [2.45, 2.75) is 46.1 Å². The van der Waals surface area contributed by atoms with Gasteiger partial charge in [-0.25, -0.2) is 8.42 Å². The zero-order valence-electron chi connectivity index (χ0n) is 11.2. The molecule has 4 nitrogen and oxygen atoms in total. The molecule has 2 N–H and O–H groups in total. The minimum Gasteiger partial charge on any atom is -0.329 e. The number of nitrogens with zero attached hydrogens (tertiary/aromatic N) is 1. The quantitative estimate of drug-likeness (QED) is 0.743. The zero-order valence-corrected chi connectivity index (χ0v) is 12.0. The van der Waals surface area contributed by atoms with Crippen LogP contribution in [0.1, 0.15) is 40.5 Å². The van der Waals surface area contributed by atoms with E-state index in [9.17, 15) is 8.42 Å². The summed E-state index contributed by atoms with van der Waals surface area (Å²) in [7, 11) is -1.55. The third-order valence-corrected chi connectivity index (χ3v) is 5.64. The van der Waals surface area contributed by atoms with Crippen LogP contribution in [0.3, 0.4) is 0 Å². The summed E-state index contributed by atoms with van der Waals surface area (Å²) in [6.45, 7) is 8.16. The van der Waals surface area contributed by atoms with Gasteiger partial charge >= 0.3 is 0 Å². The van der Waals surface area contributed by atoms with Gasteiger partial charge in [0.15, 0.2) is 0 Å². The summed E-state index contributed by atoms with van der Waals surface area (Å²) >= 11 is 0. The number of nitrogens with two attached hydrogens (primary N) is 1. The summed E-state index contributed by atoms with van der Waals surface area (Å²) < 4.78 is 25.8. The van der Waals surface area contributed by atoms with E-state index in [1.165, 1.54) is 4.31 Å². The first kappa shape index (κ1) is 15.9. The third kappa shape index (κ3) is 3.43. The standard InChI is InChI=1S/C11H26N2O2S/c1-6-11(7-2,9-12)13(5)16(14,15)8-10(3)4/h10H,6-9,12H2,1-5H3. The molecule has 0 saturated carbocycles. The van der Waals surface area contributed by atoms with Crippen molar-refractivity contribution in [1.29, 1.82) is 0 Å². The van der Waals surface area contributed by atoms with Gasteiger partial charge in [-0.1, -0.05) is 27.7 Å². The van der Waals surface area contributed by atoms with Gasteiger partial charge in [0.2, 0.25) is 10.0 Å². The Morgan fingerprint density at radius 3 is 1.94 bits per heavy atom. The van der Waals surface area contributed by atoms with Crippen molar-refractivity contribution in [1.82, 2.24) is 4.31 Å². The highest BCUT2D eigenvalue weighted by atomic mass is 32.2. The number of rotatable bonds is 7. The second-order valence-corrected chi connectivity index (χ2v) is 6.82. The predicted molar refractivity (Wildman–Crippen MR) is 68.8 cm³/mol. The molecule has 98 valence electrons. The second kappa shape index (κ2) is 5.98. The summed E-state index contributed by atoms with van der Waals surface area (Å²) in [6, 6.07) is 0. The molecule has 0 unspecified atom stereocenters. The summed E-state index contributed by atoms with van der Waals surface area (Å²) in [5.41, 5.74) is 5.33. The Hall–Kier alpha value is -0.130. The SMILES string of the molecule is CCC(CC)(CN)N(C)S(=O)(=O)CC(C)C. The van der Waals surface area contributed by atoms with Gasteiger partial charge in [-0.05, 0) is 18.8 Å². The van der Waals surface area contributed by atoms with E-state index in [0.717, 1.165) is 12.8 Å². The van der Waals surface area contributed by atoms with Crippen molar-refractivity contribution in [3.63, 3.8) is 0 Å². The molecule has 0 aliphatic rings. The summed E-state index contributed by atoms with van der Waals surface area (Å²) in [4.78, 5) is 0. The first-order valence-electron chi connectivity index (χ1n) is 5.92. The maximum atomic E-state index is 12.1. The van der Waals surface area contributed by atoms with E-state index in [2.05, 4.69) is 0 Å². The number of likely N-dealkylation sites (N-methyl/N-ethyl adjacent to an activating group) is 1. The molecule has 0 aliphatic carbocycles. The van der Waals surface area contributed by atoms with Crippen LogP contribution in [0.15, 0.2) is 0 Å². The van der Waals surface area contributed by atoms with Gasteiger partial charge in [0, 0.05) is 19.1 Å². The smallest absolute Gasteiger partial charge is 0.214 e. The molecule has 0 atom stereocenters. The Balaban J connectivity index is 5.08. The molecule has 0 fully saturated rings. The fourth-order valence-electron chi connectivity index (χ4n) is 1.94. The van der Waals surface area contributed by atoms with Crippen LogP contribution in [0, 0.1) is 5.92 Å². The highest BCUT2D eigenvalue weighted by Gasteiger charge is 2.37. The van der Waals surface area contributed by atoms with Gasteiger partial charge in [0.25, 0.3) is 0 Å². The fourth-order valence-corrected chi connectivity index (χ4v) is 3.93. The molecule has 0 radical (unpaired) electrons. The molecule has 0 aliphatic heterocycles. The van der Waals surface area contributed by atoms with E-state index in [1.54, 1.807) is 7.05 Å². The van der Waals surface area contributed by atoms with E-state index in [0.29, 0.717) is 6.54 Å². The van der Waals surface area contributed by atoms with Crippen LogP contribution >= 0.6 is 0 Å². The van der Waals surface area contributed by atoms with Crippen LogP contribution < -0.4 is 5.73 Å². The molecule has 0 aromatic carbocycles. The number of sulfonamides is 1. The lowest BCUT2D eigenvalue weighted by Crippen LogP contribution is -2.54. The average molecular weight is 250 g/mol. The van der Waals surface area contributed by atoms with Crippen molar-refractivity contribution in [2.24, 2.45) is 11.7 Å². The maximum Gasteiger partial charge on any atom is 0.214 e. The Kier molecular flexibility index (Phi) is 5.93. The zero-order chi connectivity index (χ0) is 13.0. The van der Waals surface area contributed by atoms with Crippen molar-refractivity contribution < 1.29 is 8.42 Å². The van der Waals surface area contributed by atoms with Gasteiger partial charge in [-0.3, -0.25) is 0 Å². The van der Waals surface area contributed by atoms with Crippen LogP contribution in [-0.4, -0.2) is 37.6 Å². The molecule has 0 aromatic rings. The lowest BCUT2D eigenvalue weighted by atomic mass is 9.93. The van der Waals surface area contributed by atoms with Crippen LogP contribution in [0.2, 0.25) is 0 Å². The van der Waals surface area contributed by atoms with Gasteiger partial charge in [0.05, 0.1) is 5.75 Å². The van der Waals surface area contributed by atoms with Gasteiger partial charge < -0.3 is 5.73 Å². The molecule has 0 saturated heterocycles. The highest BCUT2D eigenvalue weighted by Crippen LogP contribution is 2.25. The van der Waals surface area contributed by atoms with Crippen molar-refractivity contribution >= 4 is 10.0 Å². The molecule has 0 bridgehead atoms. The molecule has 0 aromatic heterocycles. The lowest BCUT2D eigenvalue weighted by molar-refractivity contribution is 0.207. The number of hydrogen-bond donors (Lipinski definition) is 1. The van der Waals surface area contributed by atoms with Crippen molar-refractivity contribution in [3.05, 3.63) is 0 Å². The van der Waals surface area contributed by atoms with Crippen LogP contribution in [0.4, 0.5) is 0 Å². The monoisotopic (exact) mass is 250 g/mol. The second-order valence-electron chi connectivity index (χ2n) is 4.78. The molecule has 0 spiro atoms. The van der Waals surface area contributed by atoms with E-state index < -0.39 is 15.6 Å². The molecule has 0 amide bonds. The van der Waals surface area contributed by atoms with E-state index in [4.69, 9.17) is 5.73 Å². The minimum absolute atomic E-state index is 0.136. The molecular weight excluding hydrogens is 224 g/mol. The first-order valence-corrected chi connectivity index (χ1v) is 7.53. The van der Waals surface area contributed by atoms with Crippen molar-refractivity contribution in [2.75, 3.05) is 19.3 Å². The third-order valence-electron chi connectivity index (χ3n) is 3.33. The van der Waals surface area contributed by atoms with E-state index in [-0.39, 0.29) is 11.7 Å². The van der Waals surface area contributed by atoms with Crippen LogP contribution in [-0.2, 0) is 10.0 Å². The molecule has 16 heavy (non-hydrogen) atoms. The predicted octanol–water partition coefficient (Wildman–Crippen LogP) is 1.42. The summed E-state index contributed by atoms with van der Waals surface area (Å²) in [5, 5.41) is 0. The highest BCUT2D eigenvalue weighted by molar-refractivity contribution is 7.89. The largest absolute Gasteiger partial charge is 0.329 e. The molecule has 0 heterocycles. The van der Waals surface area contributed by atoms with Crippen LogP contribution in [0.5, 0.6) is 0 Å². The average Bonchev–Trinajstić information content (AvgIpc) is 2.19. The van der Waals surface area contributed by atoms with Gasteiger partial charge in [-0.15, -0.1) is 0 Å². The topological polar surface area (TPSA) is 63.4 Å². The first-order chi connectivity index (χ1) is 7.25. The van der Waals surface area contributed by atoms with Crippen molar-refractivity contribution in [3.8, 4) is 0 Å². The Labute approximate surface area is 100 Å². The Morgan fingerprint density at radius 2 is 1.69 bits per heavy atom. The Morgan fingerprint density at radius 1 is 1.25 bits per heavy atom. The lowest BCUT2D eigenvalue weighted by Gasteiger charge is -2.39. The molecule has 5 heteroatoms. The van der Waals surface area contributed by atoms with Gasteiger partial charge in [0.1, 0.15) is 0 Å². The number of hydrogen-bond acceptors (Lipinski definition) is 3. The van der Waals surface area contributed by atoms with Gasteiger partial charge in [-0.2, -0.15) is 4.31 Å². The normalized spacial score (nSPS) is 13.8. The summed E-state index contributed by atoms with van der Waals surface area (Å²) in [5.74, 6) is 0.322. The summed E-state index contributed by atoms with van der Waals surface area (Å²) in [6.07, 6.45) is 1.49. The maximum absolute atomic E-state index is 12.1.